The van der Waals surface area contributed by atoms with Crippen molar-refractivity contribution in [1.82, 2.24) is 20.1 Å². The highest BCUT2D eigenvalue weighted by atomic mass is 19.1. The van der Waals surface area contributed by atoms with Crippen LogP contribution in [0, 0.1) is 18.2 Å². The molecule has 0 bridgehead atoms. The molecule has 1 aliphatic carbocycles. The normalized spacial score (nSPS) is 18.5. The molecule has 0 spiro atoms. The predicted octanol–water partition coefficient (Wildman–Crippen LogP) is 3.82. The fourth-order valence-corrected chi connectivity index (χ4v) is 5.39. The first kappa shape index (κ1) is 27.5. The number of hydrogen-bond acceptors (Lipinski definition) is 5. The van der Waals surface area contributed by atoms with Gasteiger partial charge >= 0.3 is 0 Å². The number of amides is 1. The van der Waals surface area contributed by atoms with Crippen LogP contribution in [-0.2, 0) is 13.1 Å². The van der Waals surface area contributed by atoms with E-state index < -0.39 is 11.2 Å². The molecular formula is C31H39FN4O3. The molecule has 0 radical (unpaired) electrons. The van der Waals surface area contributed by atoms with Crippen LogP contribution < -0.4 is 16.2 Å². The van der Waals surface area contributed by atoms with Gasteiger partial charge in [0.05, 0.1) is 0 Å². The Morgan fingerprint density at radius 1 is 1.21 bits per heavy atom. The van der Waals surface area contributed by atoms with Crippen molar-refractivity contribution in [1.29, 1.82) is 0 Å². The summed E-state index contributed by atoms with van der Waals surface area (Å²) in [7, 11) is 0. The number of piperazine rings is 1. The van der Waals surface area contributed by atoms with E-state index in [4.69, 9.17) is 0 Å². The number of aliphatic hydroxyl groups excluding tert-OH is 1. The van der Waals surface area contributed by atoms with Gasteiger partial charge in [-0.2, -0.15) is 0 Å². The summed E-state index contributed by atoms with van der Waals surface area (Å²) in [5.74, 6) is -0.688. The number of carbonyl (C=O) groups is 1. The minimum atomic E-state index is -0.450. The average molecular weight is 535 g/mol. The van der Waals surface area contributed by atoms with Crippen LogP contribution in [0.4, 0.5) is 4.39 Å². The number of nitrogens with one attached hydrogen (secondary N) is 2. The first-order valence-corrected chi connectivity index (χ1v) is 13.9. The molecule has 2 aromatic carbocycles. The second-order valence-corrected chi connectivity index (χ2v) is 12.1. The average Bonchev–Trinajstić information content (AvgIpc) is 3.72. The van der Waals surface area contributed by atoms with E-state index in [1.54, 1.807) is 17.6 Å². The highest BCUT2D eigenvalue weighted by Crippen LogP contribution is 2.31. The number of hydrogen-bond donors (Lipinski definition) is 3. The Morgan fingerprint density at radius 3 is 2.67 bits per heavy atom. The Labute approximate surface area is 229 Å². The SMILES string of the molecule is Cc1c(F)cc(C(=O)NC2CC2)cc1-c1ccc2c(=O)n(CC(C)(C)CO)cc(CN3CCNC(C)C3)c2c1. The van der Waals surface area contributed by atoms with E-state index in [2.05, 4.69) is 22.5 Å². The number of aliphatic hydroxyl groups is 1. The molecule has 1 aromatic heterocycles. The van der Waals surface area contributed by atoms with E-state index in [0.717, 1.165) is 49.0 Å². The summed E-state index contributed by atoms with van der Waals surface area (Å²) < 4.78 is 16.7. The molecule has 1 saturated heterocycles. The van der Waals surface area contributed by atoms with Gasteiger partial charge < -0.3 is 20.3 Å². The molecule has 2 aliphatic rings. The summed E-state index contributed by atoms with van der Waals surface area (Å²) in [6.45, 7) is 11.5. The smallest absolute Gasteiger partial charge is 0.258 e. The Kier molecular flexibility index (Phi) is 7.64. The van der Waals surface area contributed by atoms with Crippen molar-refractivity contribution in [2.75, 3.05) is 26.2 Å². The van der Waals surface area contributed by atoms with Crippen molar-refractivity contribution in [2.45, 2.75) is 65.7 Å². The van der Waals surface area contributed by atoms with Crippen LogP contribution >= 0.6 is 0 Å². The van der Waals surface area contributed by atoms with Crippen molar-refractivity contribution in [3.63, 3.8) is 0 Å². The first-order valence-electron chi connectivity index (χ1n) is 13.9. The lowest BCUT2D eigenvalue weighted by Crippen LogP contribution is -2.48. The third-order valence-corrected chi connectivity index (χ3v) is 7.87. The summed E-state index contributed by atoms with van der Waals surface area (Å²) in [4.78, 5) is 28.7. The van der Waals surface area contributed by atoms with Gasteiger partial charge in [-0.05, 0) is 78.6 Å². The van der Waals surface area contributed by atoms with Crippen molar-refractivity contribution >= 4 is 16.7 Å². The highest BCUT2D eigenvalue weighted by Gasteiger charge is 2.25. The number of pyridine rings is 1. The number of carbonyl (C=O) groups excluding carboxylic acids is 1. The Bertz CT molecular complexity index is 1460. The molecule has 3 N–H and O–H groups in total. The lowest BCUT2D eigenvalue weighted by molar-refractivity contribution is 0.0950. The number of halogens is 1. The summed E-state index contributed by atoms with van der Waals surface area (Å²) >= 11 is 0. The summed E-state index contributed by atoms with van der Waals surface area (Å²) in [6.07, 6.45) is 3.84. The molecule has 1 unspecified atom stereocenters. The fraction of sp³-hybridized carbons (Fsp3) is 0.484. The van der Waals surface area contributed by atoms with Crippen molar-refractivity contribution in [2.24, 2.45) is 5.41 Å². The maximum atomic E-state index is 15.0. The number of aromatic nitrogens is 1. The monoisotopic (exact) mass is 534 g/mol. The molecule has 1 amide bonds. The quantitative estimate of drug-likeness (QED) is 0.409. The third kappa shape index (κ3) is 6.08. The molecule has 5 rings (SSSR count). The Hall–Kier alpha value is -3.07. The minimum Gasteiger partial charge on any atom is -0.396 e. The van der Waals surface area contributed by atoms with Gasteiger partial charge in [0.15, 0.2) is 0 Å². The van der Waals surface area contributed by atoms with Gasteiger partial charge in [-0.15, -0.1) is 0 Å². The van der Waals surface area contributed by atoms with Crippen LogP contribution in [-0.4, -0.2) is 58.8 Å². The van der Waals surface area contributed by atoms with Gasteiger partial charge in [0.1, 0.15) is 5.82 Å². The van der Waals surface area contributed by atoms with Crippen LogP contribution in [0.15, 0.2) is 41.3 Å². The van der Waals surface area contributed by atoms with E-state index in [9.17, 15) is 14.7 Å². The molecule has 1 aliphatic heterocycles. The van der Waals surface area contributed by atoms with Crippen LogP contribution in [0.5, 0.6) is 0 Å². The molecule has 1 saturated carbocycles. The zero-order valence-corrected chi connectivity index (χ0v) is 23.3. The van der Waals surface area contributed by atoms with Crippen LogP contribution in [0.2, 0.25) is 0 Å². The van der Waals surface area contributed by atoms with Crippen molar-refractivity contribution in [3.8, 4) is 11.1 Å². The number of fused-ring (bicyclic) bond motifs is 1. The molecular weight excluding hydrogens is 495 g/mol. The summed E-state index contributed by atoms with van der Waals surface area (Å²) in [6, 6.07) is 9.22. The minimum absolute atomic E-state index is 0.0312. The van der Waals surface area contributed by atoms with Gasteiger partial charge in [0, 0.05) is 74.0 Å². The molecule has 2 fully saturated rings. The topological polar surface area (TPSA) is 86.6 Å². The van der Waals surface area contributed by atoms with Crippen molar-refractivity contribution < 1.29 is 14.3 Å². The zero-order chi connectivity index (χ0) is 27.9. The lowest BCUT2D eigenvalue weighted by Gasteiger charge is -2.32. The van der Waals surface area contributed by atoms with E-state index in [-0.39, 0.29) is 24.1 Å². The van der Waals surface area contributed by atoms with E-state index in [1.165, 1.54) is 6.07 Å². The predicted molar refractivity (Wildman–Crippen MR) is 152 cm³/mol. The number of nitrogens with zero attached hydrogens (tertiary/aromatic N) is 2. The second kappa shape index (κ2) is 10.8. The first-order chi connectivity index (χ1) is 18.5. The number of benzene rings is 2. The van der Waals surface area contributed by atoms with Crippen LogP contribution in [0.1, 0.15) is 55.1 Å². The molecule has 1 atom stereocenters. The summed E-state index contributed by atoms with van der Waals surface area (Å²) in [5, 5.41) is 17.7. The maximum Gasteiger partial charge on any atom is 0.258 e. The fourth-order valence-electron chi connectivity index (χ4n) is 5.39. The van der Waals surface area contributed by atoms with Crippen molar-refractivity contribution in [3.05, 3.63) is 69.4 Å². The molecule has 8 heteroatoms. The molecule has 3 aromatic rings. The Morgan fingerprint density at radius 2 is 1.97 bits per heavy atom. The summed E-state index contributed by atoms with van der Waals surface area (Å²) in [5.41, 5.74) is 2.62. The van der Waals surface area contributed by atoms with Gasteiger partial charge in [-0.1, -0.05) is 19.9 Å². The molecule has 39 heavy (non-hydrogen) atoms. The lowest BCUT2D eigenvalue weighted by atomic mass is 9.93. The van der Waals surface area contributed by atoms with Gasteiger partial charge in [-0.3, -0.25) is 14.5 Å². The third-order valence-electron chi connectivity index (χ3n) is 7.87. The van der Waals surface area contributed by atoms with E-state index >= 15 is 4.39 Å². The van der Waals surface area contributed by atoms with Gasteiger partial charge in [-0.25, -0.2) is 4.39 Å². The Balaban J connectivity index is 1.61. The second-order valence-electron chi connectivity index (χ2n) is 12.1. The zero-order valence-electron chi connectivity index (χ0n) is 23.3. The largest absolute Gasteiger partial charge is 0.396 e. The van der Waals surface area contributed by atoms with Crippen LogP contribution in [0.3, 0.4) is 0 Å². The maximum absolute atomic E-state index is 15.0. The molecule has 208 valence electrons. The van der Waals surface area contributed by atoms with Gasteiger partial charge in [0.2, 0.25) is 0 Å². The highest BCUT2D eigenvalue weighted by molar-refractivity contribution is 5.97. The molecule has 7 nitrogen and oxygen atoms in total. The molecule has 2 heterocycles. The standard InChI is InChI=1S/C31H39FN4O3/c1-19-14-35(10-9-33-19)15-23-16-36(17-31(3,4)18-37)30(39)25-8-5-21(11-27(23)25)26-12-22(13-28(32)20(26)2)29(38)34-24-6-7-24/h5,8,11-13,16,19,24,33,37H,6-7,9-10,14-15,17-18H2,1-4H3,(H,34,38). The number of rotatable bonds is 8. The van der Waals surface area contributed by atoms with E-state index in [1.807, 2.05) is 38.2 Å². The van der Waals surface area contributed by atoms with E-state index in [0.29, 0.717) is 41.2 Å². The van der Waals surface area contributed by atoms with Gasteiger partial charge in [0.25, 0.3) is 11.5 Å². The van der Waals surface area contributed by atoms with Crippen LogP contribution in [0.25, 0.3) is 21.9 Å².